The smallest absolute Gasteiger partial charge is 0.156 e. The summed E-state index contributed by atoms with van der Waals surface area (Å²) in [7, 11) is 3.94. The second-order valence-corrected chi connectivity index (χ2v) is 4.79. The zero-order valence-corrected chi connectivity index (χ0v) is 12.5. The molecule has 2 heterocycles. The predicted octanol–water partition coefficient (Wildman–Crippen LogP) is 1.76. The van der Waals surface area contributed by atoms with Gasteiger partial charge in [0.15, 0.2) is 5.82 Å². The number of nitrogens with one attached hydrogen (secondary N) is 1. The van der Waals surface area contributed by atoms with Gasteiger partial charge in [0.05, 0.1) is 11.4 Å². The molecule has 0 bridgehead atoms. The lowest BCUT2D eigenvalue weighted by Gasteiger charge is -2.09. The van der Waals surface area contributed by atoms with Gasteiger partial charge in [-0.15, -0.1) is 0 Å². The van der Waals surface area contributed by atoms with Crippen molar-refractivity contribution in [2.75, 3.05) is 7.05 Å². The van der Waals surface area contributed by atoms with Crippen LogP contribution in [0.15, 0.2) is 6.07 Å². The topological polar surface area (TPSA) is 47.7 Å². The molecule has 0 aromatic carbocycles. The molecule has 0 aliphatic heterocycles. The van der Waals surface area contributed by atoms with E-state index in [1.54, 1.807) is 0 Å². The molecule has 0 spiro atoms. The Labute approximate surface area is 114 Å². The Balaban J connectivity index is 2.60. The number of hydrogen-bond donors (Lipinski definition) is 1. The molecule has 0 aliphatic carbocycles. The van der Waals surface area contributed by atoms with E-state index in [2.05, 4.69) is 30.3 Å². The van der Waals surface area contributed by atoms with Crippen LogP contribution in [0.5, 0.6) is 0 Å². The van der Waals surface area contributed by atoms with Gasteiger partial charge in [0.2, 0.25) is 0 Å². The minimum absolute atomic E-state index is 0.805. The summed E-state index contributed by atoms with van der Waals surface area (Å²) in [6.07, 6.45) is 1.93. The van der Waals surface area contributed by atoms with Crippen LogP contribution in [0.1, 0.15) is 36.5 Å². The zero-order valence-electron chi connectivity index (χ0n) is 12.5. The van der Waals surface area contributed by atoms with Crippen LogP contribution in [0, 0.1) is 6.92 Å². The van der Waals surface area contributed by atoms with Crippen molar-refractivity contribution in [3.05, 3.63) is 28.7 Å². The van der Waals surface area contributed by atoms with Crippen molar-refractivity contribution in [3.8, 4) is 5.82 Å². The fourth-order valence-electron chi connectivity index (χ4n) is 2.42. The maximum atomic E-state index is 4.71. The molecule has 104 valence electrons. The van der Waals surface area contributed by atoms with E-state index in [0.29, 0.717) is 0 Å². The van der Waals surface area contributed by atoms with E-state index in [1.807, 2.05) is 30.4 Å². The fourth-order valence-corrected chi connectivity index (χ4v) is 2.42. The Hall–Kier alpha value is -1.62. The molecule has 0 saturated heterocycles. The van der Waals surface area contributed by atoms with Crippen molar-refractivity contribution < 1.29 is 0 Å². The molecule has 0 atom stereocenters. The highest BCUT2D eigenvalue weighted by atomic mass is 15.4. The monoisotopic (exact) mass is 261 g/mol. The third-order valence-electron chi connectivity index (χ3n) is 3.43. The van der Waals surface area contributed by atoms with E-state index in [-0.39, 0.29) is 0 Å². The molecule has 0 radical (unpaired) electrons. The molecular weight excluding hydrogens is 238 g/mol. The Morgan fingerprint density at radius 2 is 1.95 bits per heavy atom. The first-order chi connectivity index (χ1) is 9.12. The molecule has 0 unspecified atom stereocenters. The van der Waals surface area contributed by atoms with Crippen molar-refractivity contribution in [1.29, 1.82) is 0 Å². The Bertz CT molecular complexity index is 565. The van der Waals surface area contributed by atoms with Crippen LogP contribution in [0.2, 0.25) is 0 Å². The van der Waals surface area contributed by atoms with Gasteiger partial charge in [0.1, 0.15) is 0 Å². The minimum Gasteiger partial charge on any atom is -0.315 e. The summed E-state index contributed by atoms with van der Waals surface area (Å²) in [5.41, 5.74) is 4.64. The highest BCUT2D eigenvalue weighted by molar-refractivity contribution is 5.39. The number of rotatable bonds is 5. The van der Waals surface area contributed by atoms with Crippen LogP contribution < -0.4 is 5.32 Å². The number of nitrogens with zero attached hydrogens (tertiary/aromatic N) is 4. The van der Waals surface area contributed by atoms with Crippen molar-refractivity contribution in [2.24, 2.45) is 7.05 Å². The third-order valence-corrected chi connectivity index (χ3v) is 3.43. The molecule has 19 heavy (non-hydrogen) atoms. The van der Waals surface area contributed by atoms with Gasteiger partial charge in [-0.2, -0.15) is 10.2 Å². The normalized spacial score (nSPS) is 11.2. The molecular formula is C14H23N5. The van der Waals surface area contributed by atoms with Gasteiger partial charge in [-0.1, -0.05) is 13.8 Å². The molecule has 0 fully saturated rings. The SMILES string of the molecule is CCc1cc(CC)n(-c2c(CNC)c(C)nn2C)n1. The van der Waals surface area contributed by atoms with E-state index in [0.717, 1.165) is 36.6 Å². The zero-order chi connectivity index (χ0) is 14.0. The third kappa shape index (κ3) is 2.42. The standard InChI is InChI=1S/C14H23N5/c1-6-11-8-12(7-2)19(17-11)14-13(9-15-4)10(3)16-18(14)5/h8,15H,6-7,9H2,1-5H3. The number of aryl methyl sites for hydroxylation is 4. The van der Waals surface area contributed by atoms with Crippen LogP contribution in [-0.2, 0) is 26.4 Å². The Morgan fingerprint density at radius 1 is 1.21 bits per heavy atom. The van der Waals surface area contributed by atoms with Crippen molar-refractivity contribution in [3.63, 3.8) is 0 Å². The molecule has 2 rings (SSSR count). The van der Waals surface area contributed by atoms with Crippen LogP contribution >= 0.6 is 0 Å². The second kappa shape index (κ2) is 5.57. The lowest BCUT2D eigenvalue weighted by molar-refractivity contribution is 0.666. The maximum absolute atomic E-state index is 4.71. The molecule has 2 aromatic heterocycles. The predicted molar refractivity (Wildman–Crippen MR) is 76.6 cm³/mol. The van der Waals surface area contributed by atoms with Crippen LogP contribution in [0.4, 0.5) is 0 Å². The summed E-state index contributed by atoms with van der Waals surface area (Å²) < 4.78 is 3.97. The second-order valence-electron chi connectivity index (χ2n) is 4.79. The van der Waals surface area contributed by atoms with Gasteiger partial charge in [0, 0.05) is 24.8 Å². The van der Waals surface area contributed by atoms with Gasteiger partial charge in [-0.25, -0.2) is 4.68 Å². The van der Waals surface area contributed by atoms with Gasteiger partial charge in [-0.3, -0.25) is 4.68 Å². The first kappa shape index (κ1) is 13.8. The first-order valence-electron chi connectivity index (χ1n) is 6.87. The van der Waals surface area contributed by atoms with E-state index in [4.69, 9.17) is 5.10 Å². The molecule has 0 amide bonds. The lowest BCUT2D eigenvalue weighted by Crippen LogP contribution is -2.13. The first-order valence-corrected chi connectivity index (χ1v) is 6.87. The molecule has 5 nitrogen and oxygen atoms in total. The number of hydrogen-bond acceptors (Lipinski definition) is 3. The summed E-state index contributed by atoms with van der Waals surface area (Å²) in [6.45, 7) is 7.15. The molecule has 0 saturated carbocycles. The van der Waals surface area contributed by atoms with E-state index >= 15 is 0 Å². The van der Waals surface area contributed by atoms with Crippen LogP contribution in [0.25, 0.3) is 5.82 Å². The fraction of sp³-hybridized carbons (Fsp3) is 0.571. The highest BCUT2D eigenvalue weighted by Crippen LogP contribution is 2.20. The molecule has 0 aliphatic rings. The van der Waals surface area contributed by atoms with Crippen LogP contribution in [-0.4, -0.2) is 26.6 Å². The van der Waals surface area contributed by atoms with Crippen molar-refractivity contribution >= 4 is 0 Å². The van der Waals surface area contributed by atoms with Crippen LogP contribution in [0.3, 0.4) is 0 Å². The summed E-state index contributed by atoms with van der Waals surface area (Å²) >= 11 is 0. The molecule has 5 heteroatoms. The minimum atomic E-state index is 0.805. The highest BCUT2D eigenvalue weighted by Gasteiger charge is 2.18. The van der Waals surface area contributed by atoms with E-state index in [1.165, 1.54) is 11.3 Å². The lowest BCUT2D eigenvalue weighted by atomic mass is 10.2. The van der Waals surface area contributed by atoms with Gasteiger partial charge in [-0.05, 0) is 32.9 Å². The molecule has 2 aromatic rings. The van der Waals surface area contributed by atoms with E-state index < -0.39 is 0 Å². The molecule has 1 N–H and O–H groups in total. The quantitative estimate of drug-likeness (QED) is 0.892. The maximum Gasteiger partial charge on any atom is 0.156 e. The van der Waals surface area contributed by atoms with E-state index in [9.17, 15) is 0 Å². The summed E-state index contributed by atoms with van der Waals surface area (Å²) in [5, 5.41) is 12.5. The van der Waals surface area contributed by atoms with Crippen molar-refractivity contribution in [1.82, 2.24) is 24.9 Å². The van der Waals surface area contributed by atoms with Gasteiger partial charge in [0.25, 0.3) is 0 Å². The summed E-state index contributed by atoms with van der Waals surface area (Å²) in [6, 6.07) is 2.19. The van der Waals surface area contributed by atoms with Crippen molar-refractivity contribution in [2.45, 2.75) is 40.2 Å². The summed E-state index contributed by atoms with van der Waals surface area (Å²) in [4.78, 5) is 0. The van der Waals surface area contributed by atoms with Gasteiger partial charge < -0.3 is 5.32 Å². The van der Waals surface area contributed by atoms with Gasteiger partial charge >= 0.3 is 0 Å². The summed E-state index contributed by atoms with van der Waals surface area (Å²) in [5.74, 6) is 1.07. The average Bonchev–Trinajstić information content (AvgIpc) is 2.91. The average molecular weight is 261 g/mol. The Kier molecular flexibility index (Phi) is 4.04. The number of aromatic nitrogens is 4. The Morgan fingerprint density at radius 3 is 2.53 bits per heavy atom. The largest absolute Gasteiger partial charge is 0.315 e.